The van der Waals surface area contributed by atoms with E-state index in [-0.39, 0.29) is 12.5 Å². The number of carbonyl (C=O) groups is 1. The van der Waals surface area contributed by atoms with E-state index in [4.69, 9.17) is 4.52 Å². The maximum absolute atomic E-state index is 12.9. The summed E-state index contributed by atoms with van der Waals surface area (Å²) in [5.74, 6) is 0.896. The fourth-order valence-electron chi connectivity index (χ4n) is 3.68. The van der Waals surface area contributed by atoms with Crippen LogP contribution in [0.3, 0.4) is 0 Å². The molecular formula is C20H28N4O3. The number of aryl methyl sites for hydroxylation is 2. The largest absolute Gasteiger partial charge is 0.379 e. The number of rotatable bonds is 8. The van der Waals surface area contributed by atoms with Crippen LogP contribution in [0.1, 0.15) is 36.5 Å². The van der Waals surface area contributed by atoms with Gasteiger partial charge >= 0.3 is 0 Å². The number of amides is 1. The standard InChI is InChI=1S/C20H28N4O3/c1-16-21-18(27-22-16)14-23(2)15-20(26)11-7-13-24(19(20)25)12-6-10-17-8-4-3-5-9-17/h3-5,8-9,26H,6-7,10-15H2,1-2H3/t20-/m1/s1. The topological polar surface area (TPSA) is 82.7 Å². The molecule has 2 heterocycles. The van der Waals surface area contributed by atoms with Gasteiger partial charge in [0.1, 0.15) is 0 Å². The van der Waals surface area contributed by atoms with Crippen molar-refractivity contribution in [3.63, 3.8) is 0 Å². The van der Waals surface area contributed by atoms with Gasteiger partial charge in [-0.1, -0.05) is 35.5 Å². The van der Waals surface area contributed by atoms with Crippen molar-refractivity contribution in [2.45, 2.75) is 44.8 Å². The Morgan fingerprint density at radius 3 is 2.81 bits per heavy atom. The Morgan fingerprint density at radius 2 is 2.11 bits per heavy atom. The lowest BCUT2D eigenvalue weighted by atomic mass is 9.91. The number of hydrogen-bond donors (Lipinski definition) is 1. The summed E-state index contributed by atoms with van der Waals surface area (Å²) in [5, 5.41) is 14.7. The van der Waals surface area contributed by atoms with Crippen molar-refractivity contribution >= 4 is 5.91 Å². The molecule has 0 spiro atoms. The molecule has 0 bridgehead atoms. The molecule has 1 amide bonds. The van der Waals surface area contributed by atoms with Gasteiger partial charge in [-0.25, -0.2) is 0 Å². The van der Waals surface area contributed by atoms with E-state index in [0.29, 0.717) is 37.8 Å². The van der Waals surface area contributed by atoms with E-state index in [9.17, 15) is 9.90 Å². The van der Waals surface area contributed by atoms with Crippen LogP contribution >= 0.6 is 0 Å². The number of nitrogens with zero attached hydrogens (tertiary/aromatic N) is 4. The lowest BCUT2D eigenvalue weighted by molar-refractivity contribution is -0.159. The zero-order chi connectivity index (χ0) is 19.3. The number of piperidine rings is 1. The van der Waals surface area contributed by atoms with Crippen LogP contribution in [0.2, 0.25) is 0 Å². The molecule has 7 nitrogen and oxygen atoms in total. The molecule has 1 aliphatic rings. The van der Waals surface area contributed by atoms with Crippen LogP contribution in [0.25, 0.3) is 0 Å². The number of likely N-dealkylation sites (N-methyl/N-ethyl adjacent to an activating group) is 1. The molecule has 1 aromatic carbocycles. The predicted molar refractivity (Wildman–Crippen MR) is 101 cm³/mol. The average molecular weight is 372 g/mol. The van der Waals surface area contributed by atoms with Crippen molar-refractivity contribution < 1.29 is 14.4 Å². The number of benzene rings is 1. The SMILES string of the molecule is Cc1noc(CN(C)C[C@]2(O)CCCN(CCCc3ccccc3)C2=O)n1. The molecule has 0 radical (unpaired) electrons. The molecule has 0 aliphatic carbocycles. The van der Waals surface area contributed by atoms with Crippen LogP contribution in [0.4, 0.5) is 0 Å². The maximum atomic E-state index is 12.9. The van der Waals surface area contributed by atoms with Crippen molar-refractivity contribution in [1.29, 1.82) is 0 Å². The number of likely N-dealkylation sites (tertiary alicyclic amines) is 1. The molecule has 1 atom stereocenters. The molecule has 1 fully saturated rings. The normalized spacial score (nSPS) is 20.4. The Morgan fingerprint density at radius 1 is 1.33 bits per heavy atom. The predicted octanol–water partition coefficient (Wildman–Crippen LogP) is 1.80. The summed E-state index contributed by atoms with van der Waals surface area (Å²) >= 11 is 0. The summed E-state index contributed by atoms with van der Waals surface area (Å²) in [5.41, 5.74) is -0.0822. The minimum Gasteiger partial charge on any atom is -0.379 e. The number of aliphatic hydroxyl groups is 1. The zero-order valence-electron chi connectivity index (χ0n) is 16.1. The molecule has 2 aromatic rings. The van der Waals surface area contributed by atoms with Crippen LogP contribution in [-0.2, 0) is 17.8 Å². The summed E-state index contributed by atoms with van der Waals surface area (Å²) in [7, 11) is 1.85. The first-order chi connectivity index (χ1) is 13.0. The summed E-state index contributed by atoms with van der Waals surface area (Å²) in [6.07, 6.45) is 3.11. The van der Waals surface area contributed by atoms with E-state index in [0.717, 1.165) is 19.3 Å². The van der Waals surface area contributed by atoms with E-state index in [1.807, 2.05) is 30.1 Å². The minimum absolute atomic E-state index is 0.171. The fraction of sp³-hybridized carbons (Fsp3) is 0.550. The molecule has 27 heavy (non-hydrogen) atoms. The molecule has 0 unspecified atom stereocenters. The maximum Gasteiger partial charge on any atom is 0.255 e. The molecule has 1 aromatic heterocycles. The van der Waals surface area contributed by atoms with Crippen molar-refractivity contribution in [2.24, 2.45) is 0 Å². The van der Waals surface area contributed by atoms with Crippen molar-refractivity contribution in [2.75, 3.05) is 26.7 Å². The molecular weight excluding hydrogens is 344 g/mol. The Balaban J connectivity index is 1.52. The molecule has 1 N–H and O–H groups in total. The van der Waals surface area contributed by atoms with E-state index in [2.05, 4.69) is 22.3 Å². The molecule has 146 valence electrons. The van der Waals surface area contributed by atoms with Gasteiger partial charge < -0.3 is 14.5 Å². The monoisotopic (exact) mass is 372 g/mol. The Labute approximate surface area is 160 Å². The summed E-state index contributed by atoms with van der Waals surface area (Å²) in [6.45, 7) is 3.80. The van der Waals surface area contributed by atoms with Crippen molar-refractivity contribution in [1.82, 2.24) is 19.9 Å². The Kier molecular flexibility index (Phi) is 6.23. The van der Waals surface area contributed by atoms with Gasteiger partial charge in [-0.15, -0.1) is 0 Å². The smallest absolute Gasteiger partial charge is 0.255 e. The van der Waals surface area contributed by atoms with Crippen LogP contribution < -0.4 is 0 Å². The van der Waals surface area contributed by atoms with Gasteiger partial charge in [0.2, 0.25) is 5.89 Å². The molecule has 1 saturated heterocycles. The van der Waals surface area contributed by atoms with E-state index >= 15 is 0 Å². The zero-order valence-corrected chi connectivity index (χ0v) is 16.1. The third-order valence-electron chi connectivity index (χ3n) is 4.95. The average Bonchev–Trinajstić information content (AvgIpc) is 3.04. The second-order valence-corrected chi connectivity index (χ2v) is 7.42. The Bertz CT molecular complexity index is 749. The number of aromatic nitrogens is 2. The van der Waals surface area contributed by atoms with E-state index < -0.39 is 5.60 Å². The third-order valence-corrected chi connectivity index (χ3v) is 4.95. The first kappa shape index (κ1) is 19.5. The summed E-state index contributed by atoms with van der Waals surface area (Å²) in [6, 6.07) is 10.3. The first-order valence-corrected chi connectivity index (χ1v) is 9.50. The highest BCUT2D eigenvalue weighted by Gasteiger charge is 2.42. The molecule has 3 rings (SSSR count). The molecule has 0 saturated carbocycles. The van der Waals surface area contributed by atoms with Gasteiger partial charge in [0.05, 0.1) is 6.54 Å². The van der Waals surface area contributed by atoms with Gasteiger partial charge in [0.15, 0.2) is 11.4 Å². The second-order valence-electron chi connectivity index (χ2n) is 7.42. The van der Waals surface area contributed by atoms with Crippen LogP contribution in [0, 0.1) is 6.92 Å². The van der Waals surface area contributed by atoms with Gasteiger partial charge in [0.25, 0.3) is 5.91 Å². The number of hydrogen-bond acceptors (Lipinski definition) is 6. The Hall–Kier alpha value is -2.25. The molecule has 1 aliphatic heterocycles. The first-order valence-electron chi connectivity index (χ1n) is 9.50. The second kappa shape index (κ2) is 8.63. The van der Waals surface area contributed by atoms with E-state index in [1.165, 1.54) is 5.56 Å². The third kappa shape index (κ3) is 5.14. The highest BCUT2D eigenvalue weighted by atomic mass is 16.5. The van der Waals surface area contributed by atoms with Crippen LogP contribution in [0.15, 0.2) is 34.9 Å². The van der Waals surface area contributed by atoms with Gasteiger partial charge in [0, 0.05) is 19.6 Å². The van der Waals surface area contributed by atoms with Crippen LogP contribution in [-0.4, -0.2) is 63.2 Å². The quantitative estimate of drug-likeness (QED) is 0.761. The van der Waals surface area contributed by atoms with Gasteiger partial charge in [-0.3, -0.25) is 9.69 Å². The highest BCUT2D eigenvalue weighted by molar-refractivity contribution is 5.86. The fourth-order valence-corrected chi connectivity index (χ4v) is 3.68. The van der Waals surface area contributed by atoms with Gasteiger partial charge in [-0.2, -0.15) is 4.98 Å². The lowest BCUT2D eigenvalue weighted by Crippen LogP contribution is -2.58. The summed E-state index contributed by atoms with van der Waals surface area (Å²) in [4.78, 5) is 20.7. The van der Waals surface area contributed by atoms with Gasteiger partial charge in [-0.05, 0) is 45.2 Å². The lowest BCUT2D eigenvalue weighted by Gasteiger charge is -2.40. The minimum atomic E-state index is -1.35. The highest BCUT2D eigenvalue weighted by Crippen LogP contribution is 2.24. The van der Waals surface area contributed by atoms with E-state index in [1.54, 1.807) is 11.8 Å². The number of carbonyl (C=O) groups excluding carboxylic acids is 1. The van der Waals surface area contributed by atoms with Crippen molar-refractivity contribution in [3.05, 3.63) is 47.6 Å². The molecule has 7 heteroatoms. The summed E-state index contributed by atoms with van der Waals surface area (Å²) < 4.78 is 5.12. The van der Waals surface area contributed by atoms with Crippen LogP contribution in [0.5, 0.6) is 0 Å². The van der Waals surface area contributed by atoms with Crippen molar-refractivity contribution in [3.8, 4) is 0 Å².